The number of nitrogens with one attached hydrogen (secondary N) is 3. The number of carbonyl (C=O) groups excluding carboxylic acids is 2. The molecule has 30 heavy (non-hydrogen) atoms. The Balaban J connectivity index is 0.00000225. The highest BCUT2D eigenvalue weighted by Gasteiger charge is 2.19. The first-order valence-corrected chi connectivity index (χ1v) is 9.10. The van der Waals surface area contributed by atoms with Crippen LogP contribution in [0.3, 0.4) is 0 Å². The van der Waals surface area contributed by atoms with E-state index in [2.05, 4.69) is 20.6 Å². The average Bonchev–Trinajstić information content (AvgIpc) is 3.21. The number of hydrogen-bond acceptors (Lipinski definition) is 4. The largest absolute Gasteiger partial charge is 0.348 e. The summed E-state index contributed by atoms with van der Waals surface area (Å²) < 4.78 is 0. The highest BCUT2D eigenvalue weighted by molar-refractivity contribution is 6.10. The fourth-order valence-electron chi connectivity index (χ4n) is 2.88. The summed E-state index contributed by atoms with van der Waals surface area (Å²) >= 11 is 0. The molecule has 0 aliphatic carbocycles. The smallest absolute Gasteiger partial charge is 0.257 e. The van der Waals surface area contributed by atoms with Gasteiger partial charge in [-0.2, -0.15) is 0 Å². The predicted molar refractivity (Wildman–Crippen MR) is 124 cm³/mol. The molecule has 160 valence electrons. The Kier molecular flexibility index (Phi) is 10.0. The lowest BCUT2D eigenvalue weighted by molar-refractivity contribution is -0.117. The summed E-state index contributed by atoms with van der Waals surface area (Å²) in [6.45, 7) is 2.03. The number of amides is 2. The van der Waals surface area contributed by atoms with Crippen LogP contribution >= 0.6 is 24.8 Å². The van der Waals surface area contributed by atoms with Crippen molar-refractivity contribution in [3.8, 4) is 0 Å². The van der Waals surface area contributed by atoms with Gasteiger partial charge in [0, 0.05) is 24.0 Å². The minimum Gasteiger partial charge on any atom is -0.348 e. The zero-order chi connectivity index (χ0) is 19.9. The molecule has 0 saturated heterocycles. The minimum absolute atomic E-state index is 0. The summed E-state index contributed by atoms with van der Waals surface area (Å²) in [5.74, 6) is -0.664. The number of para-hydroxylation sites is 2. The summed E-state index contributed by atoms with van der Waals surface area (Å²) in [4.78, 5) is 32.1. The van der Waals surface area contributed by atoms with E-state index >= 15 is 0 Å². The second kappa shape index (κ2) is 12.0. The molecule has 1 atom stereocenters. The molecule has 0 fully saturated rings. The fourth-order valence-corrected chi connectivity index (χ4v) is 2.88. The lowest BCUT2D eigenvalue weighted by Crippen LogP contribution is -2.38. The summed E-state index contributed by atoms with van der Waals surface area (Å²) in [7, 11) is 0. The van der Waals surface area contributed by atoms with Crippen LogP contribution in [0.25, 0.3) is 0 Å². The standard InChI is InChI=1S/C21H23N5O2.2ClH/c1-2-14-7-3-5-9-18(14)25-20(27)16-8-4-6-10-19(16)26-21(28)17(22)11-15-12-23-13-24-15;;/h3-10,12-13,17H,2,11,22H2,1H3,(H,23,24)(H,25,27)(H,26,28);2*1H/t17-;;/m0../s1. The number of carbonyl (C=O) groups is 2. The van der Waals surface area contributed by atoms with Crippen molar-refractivity contribution in [2.45, 2.75) is 25.8 Å². The number of halogens is 2. The average molecular weight is 450 g/mol. The SMILES string of the molecule is CCc1ccccc1NC(=O)c1ccccc1NC(=O)[C@@H](N)Cc1cnc[nH]1.Cl.Cl. The number of aromatic nitrogens is 2. The van der Waals surface area contributed by atoms with Crippen molar-refractivity contribution in [1.82, 2.24) is 9.97 Å². The molecule has 0 aliphatic rings. The Morgan fingerprint density at radius 1 is 1.03 bits per heavy atom. The molecule has 0 unspecified atom stereocenters. The molecular weight excluding hydrogens is 425 g/mol. The molecule has 5 N–H and O–H groups in total. The number of H-pyrrole nitrogens is 1. The topological polar surface area (TPSA) is 113 Å². The van der Waals surface area contributed by atoms with Gasteiger partial charge < -0.3 is 21.4 Å². The number of benzene rings is 2. The first kappa shape index (κ1) is 25.2. The van der Waals surface area contributed by atoms with E-state index in [1.165, 1.54) is 6.33 Å². The van der Waals surface area contributed by atoms with Gasteiger partial charge in [-0.15, -0.1) is 24.8 Å². The summed E-state index contributed by atoms with van der Waals surface area (Å²) in [6, 6.07) is 13.7. The number of aromatic amines is 1. The van der Waals surface area contributed by atoms with Gasteiger partial charge in [0.2, 0.25) is 5.91 Å². The molecule has 9 heteroatoms. The van der Waals surface area contributed by atoms with E-state index < -0.39 is 6.04 Å². The van der Waals surface area contributed by atoms with E-state index in [4.69, 9.17) is 5.73 Å². The predicted octanol–water partition coefficient (Wildman–Crippen LogP) is 3.58. The van der Waals surface area contributed by atoms with Crippen molar-refractivity contribution in [2.24, 2.45) is 5.73 Å². The lowest BCUT2D eigenvalue weighted by Gasteiger charge is -2.15. The Morgan fingerprint density at radius 2 is 1.70 bits per heavy atom. The molecule has 7 nitrogen and oxygen atoms in total. The third kappa shape index (κ3) is 6.32. The number of nitrogens with zero attached hydrogens (tertiary/aromatic N) is 1. The first-order valence-electron chi connectivity index (χ1n) is 9.10. The van der Waals surface area contributed by atoms with Gasteiger partial charge in [-0.25, -0.2) is 4.98 Å². The van der Waals surface area contributed by atoms with Gasteiger partial charge >= 0.3 is 0 Å². The molecule has 3 aromatic rings. The number of imidazole rings is 1. The van der Waals surface area contributed by atoms with Gasteiger partial charge in [0.25, 0.3) is 5.91 Å². The maximum absolute atomic E-state index is 12.8. The lowest BCUT2D eigenvalue weighted by atomic mass is 10.1. The van der Waals surface area contributed by atoms with Gasteiger partial charge in [0.15, 0.2) is 0 Å². The zero-order valence-electron chi connectivity index (χ0n) is 16.4. The second-order valence-corrected chi connectivity index (χ2v) is 6.39. The summed E-state index contributed by atoms with van der Waals surface area (Å²) in [5, 5.41) is 5.68. The number of rotatable bonds is 7. The van der Waals surface area contributed by atoms with Gasteiger partial charge in [-0.1, -0.05) is 37.3 Å². The molecule has 3 rings (SSSR count). The Hall–Kier alpha value is -2.87. The molecule has 0 saturated carbocycles. The maximum atomic E-state index is 12.8. The third-order valence-electron chi connectivity index (χ3n) is 4.41. The first-order chi connectivity index (χ1) is 13.6. The van der Waals surface area contributed by atoms with Crippen molar-refractivity contribution in [2.75, 3.05) is 10.6 Å². The zero-order valence-corrected chi connectivity index (χ0v) is 18.1. The van der Waals surface area contributed by atoms with E-state index in [0.29, 0.717) is 17.7 Å². The van der Waals surface area contributed by atoms with E-state index in [1.54, 1.807) is 30.5 Å². The summed E-state index contributed by atoms with van der Waals surface area (Å²) in [6.07, 6.45) is 4.29. The van der Waals surface area contributed by atoms with E-state index in [0.717, 1.165) is 23.4 Å². The Bertz CT molecular complexity index is 964. The molecule has 1 heterocycles. The number of anilines is 2. The number of aryl methyl sites for hydroxylation is 1. The molecule has 2 aromatic carbocycles. The van der Waals surface area contributed by atoms with Gasteiger partial charge in [-0.05, 0) is 30.2 Å². The van der Waals surface area contributed by atoms with Gasteiger partial charge in [0.05, 0.1) is 23.6 Å². The van der Waals surface area contributed by atoms with Gasteiger partial charge in [0.1, 0.15) is 0 Å². The van der Waals surface area contributed by atoms with Crippen molar-refractivity contribution in [3.63, 3.8) is 0 Å². The minimum atomic E-state index is -0.766. The van der Waals surface area contributed by atoms with Crippen LogP contribution in [0.2, 0.25) is 0 Å². The third-order valence-corrected chi connectivity index (χ3v) is 4.41. The Labute approximate surface area is 187 Å². The van der Waals surface area contributed by atoms with Crippen LogP contribution in [0.5, 0.6) is 0 Å². The van der Waals surface area contributed by atoms with Crippen molar-refractivity contribution >= 4 is 48.0 Å². The number of nitrogens with two attached hydrogens (primary N) is 1. The molecule has 2 amide bonds. The van der Waals surface area contributed by atoms with Crippen LogP contribution < -0.4 is 16.4 Å². The van der Waals surface area contributed by atoms with Crippen LogP contribution in [0.1, 0.15) is 28.5 Å². The highest BCUT2D eigenvalue weighted by Crippen LogP contribution is 2.20. The van der Waals surface area contributed by atoms with E-state index in [-0.39, 0.29) is 36.6 Å². The molecule has 0 aliphatic heterocycles. The molecule has 0 spiro atoms. The van der Waals surface area contributed by atoms with Gasteiger partial charge in [-0.3, -0.25) is 9.59 Å². The summed E-state index contributed by atoms with van der Waals surface area (Å²) in [5.41, 5.74) is 9.34. The van der Waals surface area contributed by atoms with Crippen LogP contribution in [0, 0.1) is 0 Å². The van der Waals surface area contributed by atoms with E-state index in [1.807, 2.05) is 31.2 Å². The maximum Gasteiger partial charge on any atom is 0.257 e. The van der Waals surface area contributed by atoms with Crippen molar-refractivity contribution < 1.29 is 9.59 Å². The molecule has 0 bridgehead atoms. The van der Waals surface area contributed by atoms with Crippen LogP contribution in [0.15, 0.2) is 61.1 Å². The van der Waals surface area contributed by atoms with E-state index in [9.17, 15) is 9.59 Å². The normalized spacial score (nSPS) is 10.9. The number of hydrogen-bond donors (Lipinski definition) is 4. The molecule has 1 aromatic heterocycles. The second-order valence-electron chi connectivity index (χ2n) is 6.39. The fraction of sp³-hybridized carbons (Fsp3) is 0.190. The molecular formula is C21H25Cl2N5O2. The monoisotopic (exact) mass is 449 g/mol. The van der Waals surface area contributed by atoms with Crippen LogP contribution in [0.4, 0.5) is 11.4 Å². The van der Waals surface area contributed by atoms with Crippen molar-refractivity contribution in [1.29, 1.82) is 0 Å². The van der Waals surface area contributed by atoms with Crippen LogP contribution in [-0.4, -0.2) is 27.8 Å². The van der Waals surface area contributed by atoms with Crippen molar-refractivity contribution in [3.05, 3.63) is 77.9 Å². The highest BCUT2D eigenvalue weighted by atomic mass is 35.5. The van der Waals surface area contributed by atoms with Crippen LogP contribution in [-0.2, 0) is 17.6 Å². The Morgan fingerprint density at radius 3 is 2.37 bits per heavy atom. The molecule has 0 radical (unpaired) electrons. The quantitative estimate of drug-likeness (QED) is 0.441.